The van der Waals surface area contributed by atoms with E-state index in [9.17, 15) is 17.6 Å². The molecule has 1 aromatic carbocycles. The Balaban J connectivity index is 2.34. The zero-order chi connectivity index (χ0) is 14.0. The fourth-order valence-corrected chi connectivity index (χ4v) is 2.62. The van der Waals surface area contributed by atoms with Gasteiger partial charge in [0.25, 0.3) is 0 Å². The fraction of sp³-hybridized carbons (Fsp3) is 0.538. The number of rotatable bonds is 2. The first-order valence-corrected chi connectivity index (χ1v) is 6.51. The molecule has 0 bridgehead atoms. The normalized spacial score (nSPS) is 24.5. The molecule has 2 unspecified atom stereocenters. The average molecular weight is 297 g/mol. The first-order chi connectivity index (χ1) is 8.93. The highest BCUT2D eigenvalue weighted by Gasteiger charge is 2.36. The first kappa shape index (κ1) is 14.6. The van der Waals surface area contributed by atoms with Crippen molar-refractivity contribution in [3.05, 3.63) is 35.1 Å². The summed E-state index contributed by atoms with van der Waals surface area (Å²) in [5.74, 6) is -1.000. The molecule has 0 N–H and O–H groups in total. The van der Waals surface area contributed by atoms with E-state index >= 15 is 0 Å². The molecule has 1 aromatic rings. The molecule has 1 nitrogen and oxygen atoms in total. The molecule has 1 fully saturated rings. The van der Waals surface area contributed by atoms with Crippen LogP contribution in [0.2, 0.25) is 0 Å². The van der Waals surface area contributed by atoms with Crippen molar-refractivity contribution in [2.75, 3.05) is 12.5 Å². The van der Waals surface area contributed by atoms with Crippen LogP contribution in [0.1, 0.15) is 30.1 Å². The largest absolute Gasteiger partial charge is 0.419 e. The highest BCUT2D eigenvalue weighted by Crippen LogP contribution is 2.38. The Bertz CT molecular complexity index is 447. The minimum Gasteiger partial charge on any atom is -0.373 e. The molecule has 0 amide bonds. The SMILES string of the molecule is Fc1ccc(C2OCCCC2CCl)cc1C(F)(F)F. The van der Waals surface area contributed by atoms with Crippen LogP contribution < -0.4 is 0 Å². The molecular weight excluding hydrogens is 284 g/mol. The van der Waals surface area contributed by atoms with Gasteiger partial charge in [0.05, 0.1) is 11.7 Å². The number of ether oxygens (including phenoxy) is 1. The number of hydrogen-bond donors (Lipinski definition) is 0. The Kier molecular flexibility index (Phi) is 4.36. The second kappa shape index (κ2) is 5.67. The van der Waals surface area contributed by atoms with Crippen molar-refractivity contribution in [1.82, 2.24) is 0 Å². The summed E-state index contributed by atoms with van der Waals surface area (Å²) in [6.07, 6.45) is -3.56. The Morgan fingerprint density at radius 3 is 2.68 bits per heavy atom. The van der Waals surface area contributed by atoms with Crippen LogP contribution in [0.4, 0.5) is 17.6 Å². The molecule has 19 heavy (non-hydrogen) atoms. The summed E-state index contributed by atoms with van der Waals surface area (Å²) in [5.41, 5.74) is -0.924. The molecule has 0 aliphatic carbocycles. The van der Waals surface area contributed by atoms with E-state index < -0.39 is 23.7 Å². The summed E-state index contributed by atoms with van der Waals surface area (Å²) in [4.78, 5) is 0. The zero-order valence-electron chi connectivity index (χ0n) is 10.0. The molecule has 1 aliphatic heterocycles. The van der Waals surface area contributed by atoms with E-state index in [1.807, 2.05) is 0 Å². The topological polar surface area (TPSA) is 9.23 Å². The molecule has 0 spiro atoms. The molecule has 2 rings (SSSR count). The van der Waals surface area contributed by atoms with E-state index in [-0.39, 0.29) is 5.92 Å². The van der Waals surface area contributed by atoms with E-state index in [0.717, 1.165) is 25.0 Å². The number of hydrogen-bond acceptors (Lipinski definition) is 1. The quantitative estimate of drug-likeness (QED) is 0.574. The van der Waals surface area contributed by atoms with E-state index in [1.165, 1.54) is 6.07 Å². The summed E-state index contributed by atoms with van der Waals surface area (Å²) in [6.45, 7) is 0.483. The Morgan fingerprint density at radius 2 is 2.05 bits per heavy atom. The van der Waals surface area contributed by atoms with Gasteiger partial charge in [0, 0.05) is 18.4 Å². The molecule has 2 atom stereocenters. The standard InChI is InChI=1S/C13H13ClF4O/c14-7-9-2-1-5-19-12(9)8-3-4-11(15)10(6-8)13(16,17)18/h3-4,6,9,12H,1-2,5,7H2. The van der Waals surface area contributed by atoms with Gasteiger partial charge in [0.2, 0.25) is 0 Å². The number of alkyl halides is 4. The molecule has 106 valence electrons. The van der Waals surface area contributed by atoms with Gasteiger partial charge < -0.3 is 4.74 Å². The maximum atomic E-state index is 13.2. The minimum atomic E-state index is -4.70. The van der Waals surface area contributed by atoms with Gasteiger partial charge in [-0.1, -0.05) is 6.07 Å². The van der Waals surface area contributed by atoms with Crippen LogP contribution in [-0.4, -0.2) is 12.5 Å². The van der Waals surface area contributed by atoms with E-state index in [0.29, 0.717) is 18.1 Å². The van der Waals surface area contributed by atoms with Gasteiger partial charge in [0.1, 0.15) is 5.82 Å². The third-order valence-electron chi connectivity index (χ3n) is 3.27. The molecule has 0 saturated carbocycles. The van der Waals surface area contributed by atoms with Crippen LogP contribution in [0.15, 0.2) is 18.2 Å². The van der Waals surface area contributed by atoms with Gasteiger partial charge in [0.15, 0.2) is 0 Å². The first-order valence-electron chi connectivity index (χ1n) is 5.97. The molecule has 1 heterocycles. The van der Waals surface area contributed by atoms with Crippen molar-refractivity contribution in [1.29, 1.82) is 0 Å². The van der Waals surface area contributed by atoms with E-state index in [2.05, 4.69) is 0 Å². The molecule has 0 radical (unpaired) electrons. The monoisotopic (exact) mass is 296 g/mol. The molecule has 1 saturated heterocycles. The average Bonchev–Trinajstić information content (AvgIpc) is 2.38. The Labute approximate surface area is 113 Å². The second-order valence-electron chi connectivity index (χ2n) is 4.59. The van der Waals surface area contributed by atoms with Gasteiger partial charge in [-0.15, -0.1) is 11.6 Å². The maximum absolute atomic E-state index is 13.2. The van der Waals surface area contributed by atoms with Crippen molar-refractivity contribution in [2.45, 2.75) is 25.1 Å². The van der Waals surface area contributed by atoms with Crippen LogP contribution in [0, 0.1) is 11.7 Å². The molecule has 0 aromatic heterocycles. The lowest BCUT2D eigenvalue weighted by molar-refractivity contribution is -0.140. The van der Waals surface area contributed by atoms with Crippen LogP contribution >= 0.6 is 11.6 Å². The lowest BCUT2D eigenvalue weighted by Crippen LogP contribution is -2.24. The van der Waals surface area contributed by atoms with Crippen molar-refractivity contribution in [3.8, 4) is 0 Å². The maximum Gasteiger partial charge on any atom is 0.419 e. The predicted octanol–water partition coefficient (Wildman–Crippen LogP) is 4.55. The fourth-order valence-electron chi connectivity index (χ4n) is 2.31. The van der Waals surface area contributed by atoms with E-state index in [1.54, 1.807) is 0 Å². The van der Waals surface area contributed by atoms with Crippen molar-refractivity contribution < 1.29 is 22.3 Å². The highest BCUT2D eigenvalue weighted by atomic mass is 35.5. The third kappa shape index (κ3) is 3.20. The molecule has 6 heteroatoms. The number of halogens is 5. The minimum absolute atomic E-state index is 0.0399. The lowest BCUT2D eigenvalue weighted by atomic mass is 9.90. The van der Waals surface area contributed by atoms with Crippen molar-refractivity contribution in [2.24, 2.45) is 5.92 Å². The van der Waals surface area contributed by atoms with Crippen LogP contribution in [0.25, 0.3) is 0 Å². The lowest BCUT2D eigenvalue weighted by Gasteiger charge is -2.31. The van der Waals surface area contributed by atoms with Gasteiger partial charge >= 0.3 is 6.18 Å². The van der Waals surface area contributed by atoms with Crippen LogP contribution in [-0.2, 0) is 10.9 Å². The predicted molar refractivity (Wildman–Crippen MR) is 63.5 cm³/mol. The summed E-state index contributed by atoms with van der Waals surface area (Å²) < 4.78 is 56.7. The summed E-state index contributed by atoms with van der Waals surface area (Å²) in [7, 11) is 0. The third-order valence-corrected chi connectivity index (χ3v) is 3.66. The van der Waals surface area contributed by atoms with Crippen molar-refractivity contribution in [3.63, 3.8) is 0 Å². The van der Waals surface area contributed by atoms with E-state index in [4.69, 9.17) is 16.3 Å². The van der Waals surface area contributed by atoms with Gasteiger partial charge in [-0.05, 0) is 30.5 Å². The summed E-state index contributed by atoms with van der Waals surface area (Å²) in [5, 5.41) is 0. The Hall–Kier alpha value is -0.810. The summed E-state index contributed by atoms with van der Waals surface area (Å²) >= 11 is 5.81. The molecule has 1 aliphatic rings. The van der Waals surface area contributed by atoms with Crippen molar-refractivity contribution >= 4 is 11.6 Å². The van der Waals surface area contributed by atoms with Gasteiger partial charge in [-0.2, -0.15) is 13.2 Å². The zero-order valence-corrected chi connectivity index (χ0v) is 10.8. The van der Waals surface area contributed by atoms with Gasteiger partial charge in [-0.3, -0.25) is 0 Å². The second-order valence-corrected chi connectivity index (χ2v) is 4.89. The Morgan fingerprint density at radius 1 is 1.32 bits per heavy atom. The smallest absolute Gasteiger partial charge is 0.373 e. The van der Waals surface area contributed by atoms with Gasteiger partial charge in [-0.25, -0.2) is 4.39 Å². The van der Waals surface area contributed by atoms with Crippen LogP contribution in [0.5, 0.6) is 0 Å². The summed E-state index contributed by atoms with van der Waals surface area (Å²) in [6, 6.07) is 2.99. The van der Waals surface area contributed by atoms with Crippen LogP contribution in [0.3, 0.4) is 0 Å². The molecular formula is C13H13ClF4O. The number of benzene rings is 1. The highest BCUT2D eigenvalue weighted by molar-refractivity contribution is 6.18.